The number of aromatic nitrogens is 2. The fourth-order valence-electron chi connectivity index (χ4n) is 6.08. The maximum absolute atomic E-state index is 13.8. The molecule has 0 spiro atoms. The number of halogens is 4. The van der Waals surface area contributed by atoms with E-state index in [9.17, 15) is 27.2 Å². The lowest BCUT2D eigenvalue weighted by molar-refractivity contribution is 0.102. The van der Waals surface area contributed by atoms with Crippen LogP contribution in [0.25, 0.3) is 17.3 Å². The number of nitrogens with one attached hydrogen (secondary N) is 2. The molecule has 62 heavy (non-hydrogen) atoms. The van der Waals surface area contributed by atoms with E-state index in [1.54, 1.807) is 66.9 Å². The summed E-state index contributed by atoms with van der Waals surface area (Å²) in [6.07, 6.45) is 7.05. The Hall–Kier alpha value is -7.64. The van der Waals surface area contributed by atoms with Crippen molar-refractivity contribution >= 4 is 40.5 Å². The van der Waals surface area contributed by atoms with Gasteiger partial charge < -0.3 is 25.0 Å². The van der Waals surface area contributed by atoms with Gasteiger partial charge in [0.25, 0.3) is 0 Å². The number of hydrogen-bond acceptors (Lipinski definition) is 9. The highest BCUT2D eigenvalue weighted by Gasteiger charge is 2.18. The minimum atomic E-state index is -0.738. The molecule has 13 heteroatoms. The van der Waals surface area contributed by atoms with Crippen molar-refractivity contribution in [3.8, 4) is 22.8 Å². The van der Waals surface area contributed by atoms with Gasteiger partial charge in [0.05, 0.1) is 42.4 Å². The molecular weight excluding hydrogens is 799 g/mol. The zero-order valence-corrected chi connectivity index (χ0v) is 34.1. The second-order valence-corrected chi connectivity index (χ2v) is 13.9. The molecule has 7 aromatic rings. The third kappa shape index (κ3) is 11.3. The van der Waals surface area contributed by atoms with E-state index in [0.717, 1.165) is 41.6 Å². The van der Waals surface area contributed by atoms with Crippen LogP contribution in [0, 0.1) is 23.3 Å². The molecule has 7 rings (SSSR count). The molecule has 0 saturated carbocycles. The number of ether oxygens (including phenoxy) is 2. The van der Waals surface area contributed by atoms with Gasteiger partial charge in [-0.15, -0.1) is 0 Å². The molecule has 9 nitrogen and oxygen atoms in total. The van der Waals surface area contributed by atoms with Gasteiger partial charge in [0, 0.05) is 53.4 Å². The third-order valence-corrected chi connectivity index (χ3v) is 9.23. The van der Waals surface area contributed by atoms with Crippen LogP contribution in [0.2, 0.25) is 0 Å². The largest absolute Gasteiger partial charge is 0.496 e. The van der Waals surface area contributed by atoms with Crippen LogP contribution in [-0.4, -0.2) is 61.3 Å². The number of methoxy groups -OCH3 is 2. The molecule has 2 heterocycles. The topological polar surface area (TPSA) is 106 Å². The molecule has 0 atom stereocenters. The summed E-state index contributed by atoms with van der Waals surface area (Å²) < 4.78 is 64.5. The zero-order chi connectivity index (χ0) is 44.2. The Morgan fingerprint density at radius 3 is 1.84 bits per heavy atom. The molecule has 0 aliphatic rings. The number of benzene rings is 5. The van der Waals surface area contributed by atoms with Gasteiger partial charge in [0.2, 0.25) is 0 Å². The summed E-state index contributed by atoms with van der Waals surface area (Å²) in [5.41, 5.74) is 4.86. The molecule has 0 bridgehead atoms. The average Bonchev–Trinajstić information content (AvgIpc) is 3.28. The minimum Gasteiger partial charge on any atom is -0.496 e. The van der Waals surface area contributed by atoms with E-state index in [-0.39, 0.29) is 22.9 Å². The van der Waals surface area contributed by atoms with Gasteiger partial charge in [-0.05, 0) is 123 Å². The first-order chi connectivity index (χ1) is 29.9. The Balaban J connectivity index is 0.000000207. The molecule has 0 fully saturated rings. The Morgan fingerprint density at radius 2 is 1.26 bits per heavy atom. The van der Waals surface area contributed by atoms with Gasteiger partial charge in [0.1, 0.15) is 40.6 Å². The predicted molar refractivity (Wildman–Crippen MR) is 234 cm³/mol. The van der Waals surface area contributed by atoms with Gasteiger partial charge in [-0.1, -0.05) is 24.3 Å². The van der Waals surface area contributed by atoms with Gasteiger partial charge in [0.15, 0.2) is 11.6 Å². The summed E-state index contributed by atoms with van der Waals surface area (Å²) in [4.78, 5) is 36.7. The van der Waals surface area contributed by atoms with E-state index < -0.39 is 23.3 Å². The standard InChI is InChI=1S/C25H24F2N2O2.C24H17F2N3O2/c1-29(2)14-4-5-17-6-13-24(31-3)21(15-17)25(30)18-7-10-20(11-8-18)28-23-12-9-19(26)16-22(23)27;1-31-22-9-5-15(20-4-2-3-11-27-20)12-18(22)24(30)16-6-10-23(28-14-16)29-21-8-7-17(25)13-19(21)26/h4-13,15-16,28H,14H2,1-3H3;2-14H,1H3,(H,28,29)/b5-4+;. The molecule has 0 aliphatic heterocycles. The quantitative estimate of drug-likeness (QED) is 0.0818. The maximum Gasteiger partial charge on any atom is 0.198 e. The fraction of sp³-hybridized carbons (Fsp3) is 0.102. The van der Waals surface area contributed by atoms with E-state index >= 15 is 0 Å². The molecular formula is C49H41F4N5O4. The molecule has 314 valence electrons. The van der Waals surface area contributed by atoms with Gasteiger partial charge in [-0.25, -0.2) is 22.5 Å². The highest BCUT2D eigenvalue weighted by molar-refractivity contribution is 6.12. The summed E-state index contributed by atoms with van der Waals surface area (Å²) in [6.45, 7) is 0.790. The first-order valence-corrected chi connectivity index (χ1v) is 19.1. The summed E-state index contributed by atoms with van der Waals surface area (Å²) in [5, 5.41) is 5.64. The van der Waals surface area contributed by atoms with Crippen LogP contribution >= 0.6 is 0 Å². The van der Waals surface area contributed by atoms with E-state index in [0.29, 0.717) is 45.3 Å². The fourth-order valence-corrected chi connectivity index (χ4v) is 6.08. The predicted octanol–water partition coefficient (Wildman–Crippen LogP) is 10.9. The van der Waals surface area contributed by atoms with E-state index in [1.165, 1.54) is 38.6 Å². The Bertz CT molecular complexity index is 2690. The van der Waals surface area contributed by atoms with E-state index in [4.69, 9.17) is 9.47 Å². The maximum atomic E-state index is 13.8. The minimum absolute atomic E-state index is 0.0812. The van der Waals surface area contributed by atoms with E-state index in [2.05, 4.69) is 20.6 Å². The van der Waals surface area contributed by atoms with Crippen molar-refractivity contribution < 1.29 is 36.6 Å². The highest BCUT2D eigenvalue weighted by atomic mass is 19.1. The number of pyridine rings is 2. The van der Waals surface area contributed by atoms with Crippen molar-refractivity contribution in [2.24, 2.45) is 0 Å². The van der Waals surface area contributed by atoms with Crippen LogP contribution in [0.5, 0.6) is 11.5 Å². The first kappa shape index (κ1) is 43.9. The zero-order valence-electron chi connectivity index (χ0n) is 34.1. The van der Waals surface area contributed by atoms with Crippen LogP contribution < -0.4 is 20.1 Å². The van der Waals surface area contributed by atoms with Gasteiger partial charge in [-0.2, -0.15) is 0 Å². The number of carbonyl (C=O) groups excluding carboxylic acids is 2. The Kier molecular flexibility index (Phi) is 14.6. The molecule has 0 aliphatic carbocycles. The second-order valence-electron chi connectivity index (χ2n) is 13.9. The Morgan fingerprint density at radius 1 is 0.645 bits per heavy atom. The molecule has 0 amide bonds. The van der Waals surface area contributed by atoms with Gasteiger partial charge >= 0.3 is 0 Å². The molecule has 5 aromatic carbocycles. The lowest BCUT2D eigenvalue weighted by atomic mass is 9.99. The van der Waals surface area contributed by atoms with Crippen molar-refractivity contribution in [2.45, 2.75) is 0 Å². The summed E-state index contributed by atoms with van der Waals surface area (Å²) in [7, 11) is 6.99. The molecule has 0 unspecified atom stereocenters. The van der Waals surface area contributed by atoms with Crippen LogP contribution in [0.1, 0.15) is 37.4 Å². The number of likely N-dealkylation sites (N-methyl/N-ethyl adjacent to an activating group) is 1. The van der Waals surface area contributed by atoms with Crippen LogP contribution in [0.4, 0.5) is 40.4 Å². The smallest absolute Gasteiger partial charge is 0.198 e. The number of anilines is 4. The summed E-state index contributed by atoms with van der Waals surface area (Å²) in [6, 6.07) is 32.6. The molecule has 0 radical (unpaired) electrons. The molecule has 2 aromatic heterocycles. The first-order valence-electron chi connectivity index (χ1n) is 19.1. The SMILES string of the molecule is COc1ccc(-c2ccccn2)cc1C(=O)c1ccc(Nc2ccc(F)cc2F)nc1.COc1ccc(/C=C/CN(C)C)cc1C(=O)c1ccc(Nc2ccc(F)cc2F)cc1. The highest BCUT2D eigenvalue weighted by Crippen LogP contribution is 2.29. The second kappa shape index (κ2) is 20.6. The van der Waals surface area contributed by atoms with Crippen LogP contribution in [0.3, 0.4) is 0 Å². The number of hydrogen-bond donors (Lipinski definition) is 2. The Labute approximate surface area is 356 Å². The number of rotatable bonds is 14. The van der Waals surface area contributed by atoms with Gasteiger partial charge in [-0.3, -0.25) is 14.6 Å². The number of carbonyl (C=O) groups is 2. The van der Waals surface area contributed by atoms with Crippen LogP contribution in [-0.2, 0) is 0 Å². The lowest BCUT2D eigenvalue weighted by Crippen LogP contribution is -2.10. The molecule has 2 N–H and O–H groups in total. The lowest BCUT2D eigenvalue weighted by Gasteiger charge is -2.11. The average molecular weight is 840 g/mol. The van der Waals surface area contributed by atoms with Crippen molar-refractivity contribution in [2.75, 3.05) is 45.5 Å². The van der Waals surface area contributed by atoms with Crippen molar-refractivity contribution in [3.63, 3.8) is 0 Å². The van der Waals surface area contributed by atoms with E-state index in [1.807, 2.05) is 61.5 Å². The summed E-state index contributed by atoms with van der Waals surface area (Å²) >= 11 is 0. The normalized spacial score (nSPS) is 10.9. The monoisotopic (exact) mass is 839 g/mol. The van der Waals surface area contributed by atoms with Crippen molar-refractivity contribution in [1.29, 1.82) is 0 Å². The number of ketones is 2. The van der Waals surface area contributed by atoms with Crippen molar-refractivity contribution in [1.82, 2.24) is 14.9 Å². The van der Waals surface area contributed by atoms with Crippen molar-refractivity contribution in [3.05, 3.63) is 197 Å². The number of nitrogens with zero attached hydrogens (tertiary/aromatic N) is 3. The molecule has 0 saturated heterocycles. The van der Waals surface area contributed by atoms with Crippen LogP contribution in [0.15, 0.2) is 146 Å². The third-order valence-electron chi connectivity index (χ3n) is 9.23. The summed E-state index contributed by atoms with van der Waals surface area (Å²) in [5.74, 6) is -1.96.